The zero-order valence-corrected chi connectivity index (χ0v) is 10.8. The third kappa shape index (κ3) is 4.61. The molecule has 1 N–H and O–H groups in total. The Kier molecular flexibility index (Phi) is 5.81. The van der Waals surface area contributed by atoms with Crippen LogP contribution in [0.15, 0.2) is 4.76 Å². The van der Waals surface area contributed by atoms with Gasteiger partial charge in [-0.15, -0.1) is 0 Å². The molecule has 15 heavy (non-hydrogen) atoms. The highest BCUT2D eigenvalue weighted by Crippen LogP contribution is 2.51. The predicted octanol–water partition coefficient (Wildman–Crippen LogP) is 3.02. The lowest BCUT2D eigenvalue weighted by Gasteiger charge is -2.19. The Morgan fingerprint density at radius 1 is 1.47 bits per heavy atom. The quantitative estimate of drug-likeness (QED) is 0.566. The van der Waals surface area contributed by atoms with Gasteiger partial charge < -0.3 is 5.11 Å². The SMILES string of the molecule is CCCC(CC)P(C)(=O)/N=C(\C)C(=O)O. The van der Waals surface area contributed by atoms with E-state index in [1.165, 1.54) is 6.92 Å². The average Bonchev–Trinajstić information content (AvgIpc) is 2.12. The standard InChI is InChI=1S/C10H20NO3P/c1-5-7-9(6-2)15(4,14)11-8(3)10(12)13/h9H,5-7H2,1-4H3,(H,12,13)/b11-8+. The number of carbonyl (C=O) groups is 1. The van der Waals surface area contributed by atoms with Crippen LogP contribution in [0.4, 0.5) is 0 Å². The van der Waals surface area contributed by atoms with Gasteiger partial charge in [-0.1, -0.05) is 20.3 Å². The normalized spacial score (nSPS) is 18.3. The van der Waals surface area contributed by atoms with Gasteiger partial charge in [0.25, 0.3) is 0 Å². The molecule has 0 saturated carbocycles. The molecule has 88 valence electrons. The Balaban J connectivity index is 4.86. The maximum absolute atomic E-state index is 12.2. The van der Waals surface area contributed by atoms with Crippen molar-refractivity contribution in [2.24, 2.45) is 4.76 Å². The number of hydrogen-bond donors (Lipinski definition) is 1. The van der Waals surface area contributed by atoms with Gasteiger partial charge in [-0.25, -0.2) is 9.56 Å². The van der Waals surface area contributed by atoms with Crippen LogP contribution in [-0.4, -0.2) is 29.1 Å². The van der Waals surface area contributed by atoms with Crippen LogP contribution in [0, 0.1) is 0 Å². The van der Waals surface area contributed by atoms with Crippen LogP contribution in [-0.2, 0) is 9.36 Å². The van der Waals surface area contributed by atoms with Crippen LogP contribution in [0.5, 0.6) is 0 Å². The number of carboxylic acid groups (broad SMARTS) is 1. The summed E-state index contributed by atoms with van der Waals surface area (Å²) in [5.74, 6) is -1.09. The molecule has 4 nitrogen and oxygen atoms in total. The maximum Gasteiger partial charge on any atom is 0.349 e. The Labute approximate surface area is 91.2 Å². The lowest BCUT2D eigenvalue weighted by molar-refractivity contribution is -0.129. The zero-order chi connectivity index (χ0) is 12.1. The predicted molar refractivity (Wildman–Crippen MR) is 63.3 cm³/mol. The minimum absolute atomic E-state index is 0.0109. The van der Waals surface area contributed by atoms with E-state index >= 15 is 0 Å². The molecule has 0 spiro atoms. The molecule has 0 aliphatic rings. The third-order valence-corrected chi connectivity index (χ3v) is 5.10. The van der Waals surface area contributed by atoms with Gasteiger partial charge in [0.15, 0.2) is 7.29 Å². The van der Waals surface area contributed by atoms with E-state index in [1.807, 2.05) is 13.8 Å². The van der Waals surface area contributed by atoms with E-state index in [-0.39, 0.29) is 11.4 Å². The lowest BCUT2D eigenvalue weighted by Crippen LogP contribution is -2.11. The largest absolute Gasteiger partial charge is 0.477 e. The monoisotopic (exact) mass is 233 g/mol. The fourth-order valence-corrected chi connectivity index (χ4v) is 3.80. The molecule has 0 fully saturated rings. The molecule has 0 aromatic rings. The summed E-state index contributed by atoms with van der Waals surface area (Å²) in [7, 11) is -2.72. The zero-order valence-electron chi connectivity index (χ0n) is 9.86. The summed E-state index contributed by atoms with van der Waals surface area (Å²) < 4.78 is 16.1. The van der Waals surface area contributed by atoms with Crippen LogP contribution in [0.2, 0.25) is 0 Å². The first-order valence-corrected chi connectivity index (χ1v) is 7.40. The van der Waals surface area contributed by atoms with Crippen molar-refractivity contribution in [3.63, 3.8) is 0 Å². The first kappa shape index (κ1) is 14.4. The van der Waals surface area contributed by atoms with Crippen molar-refractivity contribution < 1.29 is 14.5 Å². The van der Waals surface area contributed by atoms with Crippen molar-refractivity contribution in [3.8, 4) is 0 Å². The van der Waals surface area contributed by atoms with E-state index in [2.05, 4.69) is 4.76 Å². The Bertz CT molecular complexity index is 299. The first-order valence-electron chi connectivity index (χ1n) is 5.22. The molecule has 0 rings (SSSR count). The summed E-state index contributed by atoms with van der Waals surface area (Å²) in [6.45, 7) is 6.94. The van der Waals surface area contributed by atoms with E-state index in [9.17, 15) is 9.36 Å². The minimum Gasteiger partial charge on any atom is -0.477 e. The number of nitrogens with zero attached hydrogens (tertiary/aromatic N) is 1. The van der Waals surface area contributed by atoms with Crippen LogP contribution >= 0.6 is 7.29 Å². The molecule has 0 aromatic heterocycles. The highest BCUT2D eigenvalue weighted by atomic mass is 31.2. The van der Waals surface area contributed by atoms with E-state index in [4.69, 9.17) is 5.11 Å². The van der Waals surface area contributed by atoms with Crippen LogP contribution in [0.1, 0.15) is 40.0 Å². The number of aliphatic carboxylic acids is 1. The van der Waals surface area contributed by atoms with Crippen molar-refractivity contribution in [2.45, 2.75) is 45.7 Å². The van der Waals surface area contributed by atoms with Crippen LogP contribution in [0.3, 0.4) is 0 Å². The van der Waals surface area contributed by atoms with Crippen molar-refractivity contribution in [2.75, 3.05) is 6.66 Å². The average molecular weight is 233 g/mol. The summed E-state index contributed by atoms with van der Waals surface area (Å²) in [6.07, 6.45) is 2.55. The van der Waals surface area contributed by atoms with Crippen LogP contribution in [0.25, 0.3) is 0 Å². The van der Waals surface area contributed by atoms with Gasteiger partial charge in [0, 0.05) is 12.3 Å². The smallest absolute Gasteiger partial charge is 0.349 e. The van der Waals surface area contributed by atoms with E-state index in [0.717, 1.165) is 19.3 Å². The molecule has 0 aromatic carbocycles. The second-order valence-corrected chi connectivity index (χ2v) is 6.60. The second kappa shape index (κ2) is 6.06. The summed E-state index contributed by atoms with van der Waals surface area (Å²) in [6, 6.07) is 0. The van der Waals surface area contributed by atoms with E-state index < -0.39 is 13.3 Å². The number of carboxylic acids is 1. The fourth-order valence-electron chi connectivity index (χ4n) is 1.54. The summed E-state index contributed by atoms with van der Waals surface area (Å²) in [5.41, 5.74) is -0.0489. The second-order valence-electron chi connectivity index (χ2n) is 3.78. The molecular weight excluding hydrogens is 213 g/mol. The van der Waals surface area contributed by atoms with Crippen LogP contribution < -0.4 is 0 Å². The van der Waals surface area contributed by atoms with Gasteiger partial charge in [-0.3, -0.25) is 4.57 Å². The first-order chi connectivity index (χ1) is 6.85. The summed E-state index contributed by atoms with van der Waals surface area (Å²) in [4.78, 5) is 10.6. The van der Waals surface area contributed by atoms with Gasteiger partial charge in [0.1, 0.15) is 5.71 Å². The number of hydrogen-bond acceptors (Lipinski definition) is 2. The summed E-state index contributed by atoms with van der Waals surface area (Å²) >= 11 is 0. The third-order valence-electron chi connectivity index (χ3n) is 2.43. The van der Waals surface area contributed by atoms with Gasteiger partial charge in [-0.05, 0) is 19.8 Å². The fraction of sp³-hybridized carbons (Fsp3) is 0.800. The minimum atomic E-state index is -2.72. The Morgan fingerprint density at radius 2 is 2.00 bits per heavy atom. The van der Waals surface area contributed by atoms with Crippen molar-refractivity contribution >= 4 is 19.0 Å². The van der Waals surface area contributed by atoms with Gasteiger partial charge in [-0.2, -0.15) is 0 Å². The lowest BCUT2D eigenvalue weighted by atomic mass is 10.2. The molecule has 0 amide bonds. The van der Waals surface area contributed by atoms with Crippen molar-refractivity contribution in [3.05, 3.63) is 0 Å². The molecule has 0 heterocycles. The molecule has 2 atom stereocenters. The summed E-state index contributed by atoms with van der Waals surface area (Å²) in [5, 5.41) is 8.68. The maximum atomic E-state index is 12.2. The molecule has 2 unspecified atom stereocenters. The van der Waals surface area contributed by atoms with Crippen molar-refractivity contribution in [1.29, 1.82) is 0 Å². The number of rotatable bonds is 6. The Hall–Kier alpha value is -0.630. The molecular formula is C10H20NO3P. The van der Waals surface area contributed by atoms with Gasteiger partial charge in [0.05, 0.1) is 0 Å². The molecule has 0 radical (unpaired) electrons. The molecule has 0 saturated heterocycles. The highest BCUT2D eigenvalue weighted by Gasteiger charge is 2.26. The van der Waals surface area contributed by atoms with E-state index in [0.29, 0.717) is 0 Å². The molecule has 5 heteroatoms. The van der Waals surface area contributed by atoms with Gasteiger partial charge >= 0.3 is 5.97 Å². The highest BCUT2D eigenvalue weighted by molar-refractivity contribution is 7.62. The van der Waals surface area contributed by atoms with Crippen molar-refractivity contribution in [1.82, 2.24) is 0 Å². The topological polar surface area (TPSA) is 66.7 Å². The van der Waals surface area contributed by atoms with E-state index in [1.54, 1.807) is 6.66 Å². The molecule has 0 aliphatic carbocycles. The Morgan fingerprint density at radius 3 is 2.33 bits per heavy atom. The van der Waals surface area contributed by atoms with Gasteiger partial charge in [0.2, 0.25) is 0 Å². The molecule has 0 aliphatic heterocycles. The molecule has 0 bridgehead atoms.